The highest BCUT2D eigenvalue weighted by atomic mass is 35.5. The van der Waals surface area contributed by atoms with E-state index in [0.717, 1.165) is 4.88 Å². The molecule has 1 unspecified atom stereocenters. The average Bonchev–Trinajstić information content (AvgIpc) is 2.85. The molecular weight excluding hydrogens is 284 g/mol. The maximum atomic E-state index is 12.1. The number of nitrogens with two attached hydrogens (primary N) is 1. The third-order valence-electron chi connectivity index (χ3n) is 2.56. The summed E-state index contributed by atoms with van der Waals surface area (Å²) in [4.78, 5) is 17.1. The topological polar surface area (TPSA) is 80.0 Å². The van der Waals surface area contributed by atoms with Crippen LogP contribution < -0.4 is 16.6 Å². The van der Waals surface area contributed by atoms with Crippen molar-refractivity contribution in [2.24, 2.45) is 5.84 Å². The maximum absolute atomic E-state index is 12.1. The molecule has 1 amide bonds. The molecule has 2 heterocycles. The standard InChI is InChI=1S/C12H13ClN4OS/c1-7(9-4-5-10(13)19-9)16-12(18)8-3-2-6-15-11(8)17-14/h2-7H,14H2,1H3,(H,15,17)(H,16,18). The summed E-state index contributed by atoms with van der Waals surface area (Å²) >= 11 is 7.31. The third-order valence-corrected chi connectivity index (χ3v) is 3.97. The van der Waals surface area contributed by atoms with Crippen molar-refractivity contribution in [3.05, 3.63) is 45.2 Å². The molecule has 0 saturated carbocycles. The molecule has 1 atom stereocenters. The molecule has 0 aliphatic heterocycles. The second-order valence-electron chi connectivity index (χ2n) is 3.88. The van der Waals surface area contributed by atoms with Gasteiger partial charge in [0.1, 0.15) is 0 Å². The van der Waals surface area contributed by atoms with E-state index in [1.165, 1.54) is 11.3 Å². The molecular formula is C12H13ClN4OS. The van der Waals surface area contributed by atoms with Gasteiger partial charge in [-0.05, 0) is 31.2 Å². The number of hydrogen-bond donors (Lipinski definition) is 3. The molecule has 0 spiro atoms. The molecule has 100 valence electrons. The summed E-state index contributed by atoms with van der Waals surface area (Å²) in [5.41, 5.74) is 2.81. The molecule has 0 fully saturated rings. The van der Waals surface area contributed by atoms with Crippen molar-refractivity contribution >= 4 is 34.7 Å². The van der Waals surface area contributed by atoms with Crippen molar-refractivity contribution in [3.63, 3.8) is 0 Å². The fourth-order valence-corrected chi connectivity index (χ4v) is 2.67. The molecule has 0 aliphatic carbocycles. The largest absolute Gasteiger partial charge is 0.345 e. The Morgan fingerprint density at radius 3 is 2.89 bits per heavy atom. The molecule has 2 aromatic rings. The Hall–Kier alpha value is -1.63. The van der Waals surface area contributed by atoms with Crippen molar-refractivity contribution in [2.45, 2.75) is 13.0 Å². The van der Waals surface area contributed by atoms with Crippen LogP contribution in [0, 0.1) is 0 Å². The molecule has 0 aliphatic rings. The van der Waals surface area contributed by atoms with Gasteiger partial charge in [-0.15, -0.1) is 11.3 Å². The van der Waals surface area contributed by atoms with Gasteiger partial charge in [0.25, 0.3) is 5.91 Å². The quantitative estimate of drug-likeness (QED) is 0.598. The zero-order valence-electron chi connectivity index (χ0n) is 10.2. The minimum absolute atomic E-state index is 0.129. The number of carbonyl (C=O) groups excluding carboxylic acids is 1. The van der Waals surface area contributed by atoms with Gasteiger partial charge in [-0.2, -0.15) is 0 Å². The van der Waals surface area contributed by atoms with Gasteiger partial charge in [0.15, 0.2) is 5.82 Å². The predicted octanol–water partition coefficient (Wildman–Crippen LogP) is 2.57. The highest BCUT2D eigenvalue weighted by molar-refractivity contribution is 7.16. The molecule has 2 rings (SSSR count). The number of nitrogens with zero attached hydrogens (tertiary/aromatic N) is 1. The van der Waals surface area contributed by atoms with Gasteiger partial charge in [0.05, 0.1) is 15.9 Å². The van der Waals surface area contributed by atoms with E-state index in [1.54, 1.807) is 24.4 Å². The second kappa shape index (κ2) is 6.01. The minimum Gasteiger partial charge on any atom is -0.345 e. The first-order valence-corrected chi connectivity index (χ1v) is 6.79. The first kappa shape index (κ1) is 13.8. The Balaban J connectivity index is 2.12. The van der Waals surface area contributed by atoms with E-state index in [2.05, 4.69) is 15.7 Å². The molecule has 0 aromatic carbocycles. The Labute approximate surface area is 119 Å². The van der Waals surface area contributed by atoms with E-state index in [0.29, 0.717) is 15.7 Å². The molecule has 2 aromatic heterocycles. The van der Waals surface area contributed by atoms with Crippen LogP contribution in [0.15, 0.2) is 30.5 Å². The van der Waals surface area contributed by atoms with E-state index in [9.17, 15) is 4.79 Å². The van der Waals surface area contributed by atoms with Gasteiger partial charge in [0.2, 0.25) is 0 Å². The van der Waals surface area contributed by atoms with Crippen molar-refractivity contribution in [1.29, 1.82) is 0 Å². The Kier molecular flexibility index (Phi) is 4.36. The van der Waals surface area contributed by atoms with Gasteiger partial charge in [-0.25, -0.2) is 10.8 Å². The smallest absolute Gasteiger partial charge is 0.255 e. The van der Waals surface area contributed by atoms with Crippen molar-refractivity contribution in [2.75, 3.05) is 5.43 Å². The van der Waals surface area contributed by atoms with Crippen LogP contribution in [0.25, 0.3) is 0 Å². The van der Waals surface area contributed by atoms with E-state index in [4.69, 9.17) is 17.4 Å². The average molecular weight is 297 g/mol. The summed E-state index contributed by atoms with van der Waals surface area (Å²) in [6.45, 7) is 1.89. The van der Waals surface area contributed by atoms with Gasteiger partial charge in [0, 0.05) is 11.1 Å². The molecule has 4 N–H and O–H groups in total. The number of anilines is 1. The Morgan fingerprint density at radius 2 is 2.26 bits per heavy atom. The van der Waals surface area contributed by atoms with Gasteiger partial charge >= 0.3 is 0 Å². The fourth-order valence-electron chi connectivity index (χ4n) is 1.61. The summed E-state index contributed by atoms with van der Waals surface area (Å²) in [6.07, 6.45) is 1.56. The number of rotatable bonds is 4. The Bertz CT molecular complexity index is 587. The molecule has 7 heteroatoms. The first-order chi connectivity index (χ1) is 9.11. The lowest BCUT2D eigenvalue weighted by Crippen LogP contribution is -2.27. The van der Waals surface area contributed by atoms with Gasteiger partial charge < -0.3 is 10.7 Å². The summed E-state index contributed by atoms with van der Waals surface area (Å²) in [7, 11) is 0. The van der Waals surface area contributed by atoms with Crippen LogP contribution in [0.5, 0.6) is 0 Å². The van der Waals surface area contributed by atoms with Crippen LogP contribution in [-0.2, 0) is 0 Å². The monoisotopic (exact) mass is 296 g/mol. The molecule has 0 bridgehead atoms. The number of halogens is 1. The van der Waals surface area contributed by atoms with Crippen LogP contribution in [0.1, 0.15) is 28.2 Å². The fraction of sp³-hybridized carbons (Fsp3) is 0.167. The number of aromatic nitrogens is 1. The number of hydrazine groups is 1. The second-order valence-corrected chi connectivity index (χ2v) is 5.63. The van der Waals surface area contributed by atoms with E-state index < -0.39 is 0 Å². The molecule has 0 radical (unpaired) electrons. The highest BCUT2D eigenvalue weighted by Gasteiger charge is 2.16. The van der Waals surface area contributed by atoms with Crippen molar-refractivity contribution in [1.82, 2.24) is 10.3 Å². The highest BCUT2D eigenvalue weighted by Crippen LogP contribution is 2.27. The number of hydrogen-bond acceptors (Lipinski definition) is 5. The van der Waals surface area contributed by atoms with E-state index in [-0.39, 0.29) is 11.9 Å². The molecule has 5 nitrogen and oxygen atoms in total. The minimum atomic E-state index is -0.238. The summed E-state index contributed by atoms with van der Waals surface area (Å²) in [5.74, 6) is 5.43. The zero-order valence-corrected chi connectivity index (χ0v) is 11.8. The number of carbonyl (C=O) groups is 1. The van der Waals surface area contributed by atoms with Crippen molar-refractivity contribution in [3.8, 4) is 0 Å². The SMILES string of the molecule is CC(NC(=O)c1cccnc1NN)c1ccc(Cl)s1. The third kappa shape index (κ3) is 3.23. The van der Waals surface area contributed by atoms with Crippen LogP contribution in [0.4, 0.5) is 5.82 Å². The summed E-state index contributed by atoms with van der Waals surface area (Å²) in [5, 5.41) is 2.88. The number of amides is 1. The lowest BCUT2D eigenvalue weighted by Gasteiger charge is -2.13. The number of pyridine rings is 1. The first-order valence-electron chi connectivity index (χ1n) is 5.59. The number of nitrogen functional groups attached to an aromatic ring is 1. The molecule has 19 heavy (non-hydrogen) atoms. The number of thiophene rings is 1. The Morgan fingerprint density at radius 1 is 1.47 bits per heavy atom. The predicted molar refractivity (Wildman–Crippen MR) is 77.3 cm³/mol. The summed E-state index contributed by atoms with van der Waals surface area (Å²) in [6, 6.07) is 6.91. The zero-order chi connectivity index (χ0) is 13.8. The summed E-state index contributed by atoms with van der Waals surface area (Å²) < 4.78 is 0.696. The van der Waals surface area contributed by atoms with Crippen LogP contribution in [0.2, 0.25) is 4.34 Å². The van der Waals surface area contributed by atoms with Crippen LogP contribution in [-0.4, -0.2) is 10.9 Å². The maximum Gasteiger partial charge on any atom is 0.255 e. The number of nitrogens with one attached hydrogen (secondary N) is 2. The normalized spacial score (nSPS) is 11.9. The van der Waals surface area contributed by atoms with Crippen LogP contribution >= 0.6 is 22.9 Å². The van der Waals surface area contributed by atoms with Crippen molar-refractivity contribution < 1.29 is 4.79 Å². The molecule has 0 saturated heterocycles. The van der Waals surface area contributed by atoms with E-state index >= 15 is 0 Å². The van der Waals surface area contributed by atoms with E-state index in [1.807, 2.05) is 13.0 Å². The van der Waals surface area contributed by atoms with Gasteiger partial charge in [-0.3, -0.25) is 4.79 Å². The lowest BCUT2D eigenvalue weighted by molar-refractivity contribution is 0.0941. The van der Waals surface area contributed by atoms with Gasteiger partial charge in [-0.1, -0.05) is 11.6 Å². The van der Waals surface area contributed by atoms with Crippen LogP contribution in [0.3, 0.4) is 0 Å². The lowest BCUT2D eigenvalue weighted by atomic mass is 10.2.